The van der Waals surface area contributed by atoms with Gasteiger partial charge < -0.3 is 30.3 Å². The summed E-state index contributed by atoms with van der Waals surface area (Å²) in [5.41, 5.74) is 2.43. The smallest absolute Gasteiger partial charge is 0.270 e. The Labute approximate surface area is 212 Å². The minimum atomic E-state index is -0.789. The summed E-state index contributed by atoms with van der Waals surface area (Å²) in [5, 5.41) is 24.9. The molecule has 192 valence electrons. The summed E-state index contributed by atoms with van der Waals surface area (Å²) in [6, 6.07) is 11.4. The zero-order chi connectivity index (χ0) is 25.9. The number of anilines is 1. The number of halogens is 1. The van der Waals surface area contributed by atoms with Gasteiger partial charge in [-0.25, -0.2) is 9.37 Å². The molecular formula is C27H26FN3O6. The molecule has 0 radical (unpaired) electrons. The lowest BCUT2D eigenvalue weighted by atomic mass is 10.0. The van der Waals surface area contributed by atoms with Crippen molar-refractivity contribution in [2.45, 2.75) is 31.4 Å². The number of nitrogens with one attached hydrogen (secondary N) is 2. The number of aliphatic hydroxyl groups excluding tert-OH is 1. The predicted molar refractivity (Wildman–Crippen MR) is 131 cm³/mol. The molecule has 1 aromatic heterocycles. The molecule has 0 aliphatic carbocycles. The Morgan fingerprint density at radius 1 is 1.08 bits per heavy atom. The number of ether oxygens (including phenoxy) is 2. The van der Waals surface area contributed by atoms with Crippen LogP contribution in [-0.2, 0) is 17.6 Å². The Kier molecular flexibility index (Phi) is 7.02. The highest BCUT2D eigenvalue weighted by Gasteiger charge is 2.28. The molecule has 10 heteroatoms. The Morgan fingerprint density at radius 2 is 1.89 bits per heavy atom. The van der Waals surface area contributed by atoms with Crippen LogP contribution in [0.4, 0.5) is 10.1 Å². The number of aliphatic hydroxyl groups is 1. The number of rotatable bonds is 6. The van der Waals surface area contributed by atoms with E-state index in [-0.39, 0.29) is 30.0 Å². The van der Waals surface area contributed by atoms with E-state index in [1.54, 1.807) is 12.1 Å². The van der Waals surface area contributed by atoms with E-state index in [9.17, 15) is 24.2 Å². The highest BCUT2D eigenvalue weighted by Crippen LogP contribution is 2.31. The van der Waals surface area contributed by atoms with Crippen molar-refractivity contribution in [3.8, 4) is 11.5 Å². The van der Waals surface area contributed by atoms with Gasteiger partial charge in [0.25, 0.3) is 11.8 Å². The first-order valence-corrected chi connectivity index (χ1v) is 12.0. The van der Waals surface area contributed by atoms with E-state index < -0.39 is 29.8 Å². The van der Waals surface area contributed by atoms with Crippen molar-refractivity contribution in [2.75, 3.05) is 25.1 Å². The number of hydrogen-bond donors (Lipinski definition) is 4. The van der Waals surface area contributed by atoms with Crippen molar-refractivity contribution < 1.29 is 33.7 Å². The monoisotopic (exact) mass is 507 g/mol. The van der Waals surface area contributed by atoms with Crippen LogP contribution in [0.3, 0.4) is 0 Å². The second-order valence-corrected chi connectivity index (χ2v) is 9.04. The first kappa shape index (κ1) is 24.7. The zero-order valence-corrected chi connectivity index (χ0v) is 19.9. The molecule has 2 aromatic carbocycles. The average Bonchev–Trinajstić information content (AvgIpc) is 3.36. The summed E-state index contributed by atoms with van der Waals surface area (Å²) >= 11 is 0. The van der Waals surface area contributed by atoms with Crippen LogP contribution in [0.1, 0.15) is 44.1 Å². The zero-order valence-electron chi connectivity index (χ0n) is 19.9. The summed E-state index contributed by atoms with van der Waals surface area (Å²) in [7, 11) is 0. The summed E-state index contributed by atoms with van der Waals surface area (Å²) in [6.45, 7) is 1.05. The SMILES string of the molecule is O=C(N[C@H]1CCOC[C@@H]1O)c1cc(Cc2ccc(C(=O)Nc3ccc(O)cc3)c(F)c2)c2c(n1)CCO2. The van der Waals surface area contributed by atoms with Gasteiger partial charge in [0.2, 0.25) is 0 Å². The predicted octanol–water partition coefficient (Wildman–Crippen LogP) is 2.58. The second kappa shape index (κ2) is 10.5. The number of aromatic hydroxyl groups is 1. The van der Waals surface area contributed by atoms with Crippen LogP contribution in [0.25, 0.3) is 0 Å². The topological polar surface area (TPSA) is 130 Å². The third-order valence-corrected chi connectivity index (χ3v) is 6.38. The molecule has 0 saturated carbocycles. The molecule has 1 saturated heterocycles. The number of nitrogens with zero attached hydrogens (tertiary/aromatic N) is 1. The van der Waals surface area contributed by atoms with E-state index in [0.717, 1.165) is 0 Å². The molecule has 3 heterocycles. The number of pyridine rings is 1. The first-order valence-electron chi connectivity index (χ1n) is 12.0. The number of fused-ring (bicyclic) bond motifs is 1. The lowest BCUT2D eigenvalue weighted by molar-refractivity contribution is -0.0261. The Balaban J connectivity index is 1.33. The molecule has 2 atom stereocenters. The maximum atomic E-state index is 14.9. The van der Waals surface area contributed by atoms with Crippen LogP contribution < -0.4 is 15.4 Å². The van der Waals surface area contributed by atoms with E-state index in [4.69, 9.17) is 9.47 Å². The standard InChI is InChI=1S/C27H26FN3O6/c28-20-12-15(1-6-19(20)26(34)29-17-2-4-18(32)5-3-17)11-16-13-23(30-22-8-10-37-25(16)22)27(35)31-21-7-9-36-14-24(21)33/h1-6,12-13,21,24,32-33H,7-11,14H2,(H,29,34)(H,31,35)/t21-,24-/m0/s1. The van der Waals surface area contributed by atoms with Crippen molar-refractivity contribution in [1.82, 2.24) is 10.3 Å². The van der Waals surface area contributed by atoms with Crippen LogP contribution in [0.15, 0.2) is 48.5 Å². The molecule has 1 fully saturated rings. The molecule has 0 bridgehead atoms. The molecule has 2 amide bonds. The minimum Gasteiger partial charge on any atom is -0.508 e. The van der Waals surface area contributed by atoms with Gasteiger partial charge in [0.05, 0.1) is 36.6 Å². The molecule has 37 heavy (non-hydrogen) atoms. The van der Waals surface area contributed by atoms with E-state index in [2.05, 4.69) is 15.6 Å². The largest absolute Gasteiger partial charge is 0.508 e. The number of carbonyl (C=O) groups is 2. The lowest BCUT2D eigenvalue weighted by Gasteiger charge is -2.28. The third-order valence-electron chi connectivity index (χ3n) is 6.38. The Bertz CT molecular complexity index is 1330. The van der Waals surface area contributed by atoms with Gasteiger partial charge in [-0.15, -0.1) is 0 Å². The van der Waals surface area contributed by atoms with Crippen LogP contribution in [0, 0.1) is 5.82 Å². The van der Waals surface area contributed by atoms with Crippen LogP contribution in [-0.4, -0.2) is 59.0 Å². The van der Waals surface area contributed by atoms with Crippen molar-refractivity contribution in [3.63, 3.8) is 0 Å². The molecule has 4 N–H and O–H groups in total. The van der Waals surface area contributed by atoms with Crippen LogP contribution in [0.5, 0.6) is 11.5 Å². The molecule has 0 unspecified atom stereocenters. The second-order valence-electron chi connectivity index (χ2n) is 9.04. The molecule has 3 aromatic rings. The molecule has 9 nitrogen and oxygen atoms in total. The molecular weight excluding hydrogens is 481 g/mol. The Morgan fingerprint density at radius 3 is 2.65 bits per heavy atom. The van der Waals surface area contributed by atoms with Gasteiger partial charge in [0.1, 0.15) is 23.0 Å². The van der Waals surface area contributed by atoms with Gasteiger partial charge in [0, 0.05) is 30.7 Å². The number of hydrogen-bond acceptors (Lipinski definition) is 7. The number of amides is 2. The van der Waals surface area contributed by atoms with Crippen LogP contribution >= 0.6 is 0 Å². The van der Waals surface area contributed by atoms with Crippen molar-refractivity contribution in [2.24, 2.45) is 0 Å². The van der Waals surface area contributed by atoms with Gasteiger partial charge >= 0.3 is 0 Å². The number of benzene rings is 2. The van der Waals surface area contributed by atoms with Gasteiger partial charge in [-0.3, -0.25) is 9.59 Å². The quantitative estimate of drug-likeness (QED) is 0.378. The maximum Gasteiger partial charge on any atom is 0.270 e. The number of phenolic OH excluding ortho intramolecular Hbond substituents is 1. The van der Waals surface area contributed by atoms with Crippen molar-refractivity contribution in [3.05, 3.63) is 82.4 Å². The summed E-state index contributed by atoms with van der Waals surface area (Å²) in [4.78, 5) is 29.9. The van der Waals surface area contributed by atoms with Gasteiger partial charge in [0.15, 0.2) is 0 Å². The van der Waals surface area contributed by atoms with Crippen molar-refractivity contribution >= 4 is 17.5 Å². The maximum absolute atomic E-state index is 14.9. The summed E-state index contributed by atoms with van der Waals surface area (Å²) < 4.78 is 25.9. The van der Waals surface area contributed by atoms with Gasteiger partial charge in [-0.1, -0.05) is 6.07 Å². The Hall–Kier alpha value is -4.02. The fourth-order valence-corrected chi connectivity index (χ4v) is 4.44. The number of carbonyl (C=O) groups excluding carboxylic acids is 2. The fraction of sp³-hybridized carbons (Fsp3) is 0.296. The normalized spacial score (nSPS) is 18.5. The first-order chi connectivity index (χ1) is 17.9. The van der Waals surface area contributed by atoms with Crippen molar-refractivity contribution in [1.29, 1.82) is 0 Å². The van der Waals surface area contributed by atoms with E-state index in [0.29, 0.717) is 54.3 Å². The van der Waals surface area contributed by atoms with E-state index >= 15 is 0 Å². The average molecular weight is 508 g/mol. The van der Waals surface area contributed by atoms with Gasteiger partial charge in [-0.2, -0.15) is 0 Å². The highest BCUT2D eigenvalue weighted by molar-refractivity contribution is 6.04. The van der Waals surface area contributed by atoms with Crippen LogP contribution in [0.2, 0.25) is 0 Å². The van der Waals surface area contributed by atoms with E-state index in [1.807, 2.05) is 0 Å². The van der Waals surface area contributed by atoms with Gasteiger partial charge in [-0.05, 0) is 54.4 Å². The number of phenols is 1. The molecule has 2 aliphatic rings. The molecule has 2 aliphatic heterocycles. The van der Waals surface area contributed by atoms with E-state index in [1.165, 1.54) is 36.4 Å². The highest BCUT2D eigenvalue weighted by atomic mass is 19.1. The fourth-order valence-electron chi connectivity index (χ4n) is 4.44. The summed E-state index contributed by atoms with van der Waals surface area (Å²) in [6.07, 6.45) is 0.526. The molecule has 0 spiro atoms. The molecule has 5 rings (SSSR count). The third kappa shape index (κ3) is 5.55. The summed E-state index contributed by atoms with van der Waals surface area (Å²) in [5.74, 6) is -1.07. The lowest BCUT2D eigenvalue weighted by Crippen LogP contribution is -2.48. The minimum absolute atomic E-state index is 0.0573. The number of aromatic nitrogens is 1.